The second-order valence-corrected chi connectivity index (χ2v) is 6.53. The lowest BCUT2D eigenvalue weighted by Gasteiger charge is -2.02. The summed E-state index contributed by atoms with van der Waals surface area (Å²) in [5.41, 5.74) is 0. The molecule has 0 amide bonds. The molecule has 0 N–H and O–H groups in total. The minimum absolute atomic E-state index is 0.0890. The van der Waals surface area contributed by atoms with Crippen LogP contribution in [0, 0.1) is 5.82 Å². The van der Waals surface area contributed by atoms with Gasteiger partial charge in [-0.15, -0.1) is 11.3 Å². The summed E-state index contributed by atoms with van der Waals surface area (Å²) in [7, 11) is -1.17. The van der Waals surface area contributed by atoms with Gasteiger partial charge in [-0.1, -0.05) is 6.07 Å². The Labute approximate surface area is 117 Å². The maximum atomic E-state index is 12.7. The summed E-state index contributed by atoms with van der Waals surface area (Å²) in [5, 5.41) is 1.86. The van der Waals surface area contributed by atoms with Crippen LogP contribution in [0.3, 0.4) is 0 Å². The highest BCUT2D eigenvalue weighted by atomic mass is 32.2. The van der Waals surface area contributed by atoms with Gasteiger partial charge in [0.05, 0.1) is 15.7 Å². The Bertz CT molecular complexity index is 562. The quantitative estimate of drug-likeness (QED) is 0.762. The second-order valence-electron chi connectivity index (χ2n) is 4.01. The Balaban J connectivity index is 1.81. The van der Waals surface area contributed by atoms with Crippen LogP contribution in [0.1, 0.15) is 22.5 Å². The number of halogens is 1. The number of ketones is 1. The van der Waals surface area contributed by atoms with Crippen LogP contribution in [-0.4, -0.2) is 15.7 Å². The molecule has 1 atom stereocenters. The molecule has 0 aliphatic rings. The first-order valence-electron chi connectivity index (χ1n) is 5.87. The van der Waals surface area contributed by atoms with Gasteiger partial charge in [-0.05, 0) is 42.1 Å². The molecular weight excluding hydrogens is 283 g/mol. The van der Waals surface area contributed by atoms with E-state index >= 15 is 0 Å². The highest BCUT2D eigenvalue weighted by Crippen LogP contribution is 2.14. The maximum Gasteiger partial charge on any atom is 0.172 e. The van der Waals surface area contributed by atoms with Gasteiger partial charge in [-0.2, -0.15) is 0 Å². The highest BCUT2D eigenvalue weighted by molar-refractivity contribution is 7.85. The molecule has 1 unspecified atom stereocenters. The van der Waals surface area contributed by atoms with Gasteiger partial charge in [0.15, 0.2) is 5.78 Å². The number of hydrogen-bond donors (Lipinski definition) is 0. The third-order valence-corrected chi connectivity index (χ3v) is 4.97. The number of rotatable bonds is 6. The van der Waals surface area contributed by atoms with Crippen LogP contribution in [0.5, 0.6) is 0 Å². The summed E-state index contributed by atoms with van der Waals surface area (Å²) in [6.07, 6.45) is 0.966. The number of carbonyl (C=O) groups excluding carboxylic acids is 1. The molecule has 2 aromatic rings. The molecule has 2 nitrogen and oxygen atoms in total. The third-order valence-electron chi connectivity index (χ3n) is 2.61. The predicted molar refractivity (Wildman–Crippen MR) is 75.6 cm³/mol. The maximum absolute atomic E-state index is 12.7. The minimum atomic E-state index is -1.17. The first kappa shape index (κ1) is 14.1. The normalized spacial score (nSPS) is 12.3. The Morgan fingerprint density at radius 1 is 1.21 bits per heavy atom. The fourth-order valence-corrected chi connectivity index (χ4v) is 3.40. The molecule has 100 valence electrons. The van der Waals surface area contributed by atoms with E-state index in [2.05, 4.69) is 0 Å². The monoisotopic (exact) mass is 296 g/mol. The van der Waals surface area contributed by atoms with Crippen molar-refractivity contribution in [3.05, 3.63) is 52.5 Å². The van der Waals surface area contributed by atoms with Gasteiger partial charge in [0.2, 0.25) is 0 Å². The number of hydrogen-bond acceptors (Lipinski definition) is 3. The molecule has 1 heterocycles. The molecule has 0 radical (unpaired) electrons. The van der Waals surface area contributed by atoms with Crippen molar-refractivity contribution in [3.8, 4) is 0 Å². The lowest BCUT2D eigenvalue weighted by molar-refractivity contribution is 0.0986. The van der Waals surface area contributed by atoms with Crippen LogP contribution in [0.25, 0.3) is 0 Å². The van der Waals surface area contributed by atoms with Crippen molar-refractivity contribution in [2.24, 2.45) is 0 Å². The summed E-state index contributed by atoms with van der Waals surface area (Å²) in [5.74, 6) is 0.169. The van der Waals surface area contributed by atoms with Gasteiger partial charge >= 0.3 is 0 Å². The van der Waals surface area contributed by atoms with Gasteiger partial charge in [0.25, 0.3) is 0 Å². The van der Waals surface area contributed by atoms with E-state index in [0.29, 0.717) is 23.5 Å². The summed E-state index contributed by atoms with van der Waals surface area (Å²) >= 11 is 1.42. The van der Waals surface area contributed by atoms with Crippen molar-refractivity contribution in [2.75, 3.05) is 5.75 Å². The second kappa shape index (κ2) is 6.73. The molecule has 1 aromatic heterocycles. The molecular formula is C14H13FO2S2. The number of Topliss-reactive ketones (excluding diaryl/α,β-unsaturated/α-hetero) is 1. The van der Waals surface area contributed by atoms with Crippen LogP contribution < -0.4 is 0 Å². The molecule has 0 fully saturated rings. The van der Waals surface area contributed by atoms with Gasteiger partial charge in [0.1, 0.15) is 5.82 Å². The molecule has 5 heteroatoms. The number of thiophene rings is 1. The molecule has 0 spiro atoms. The van der Waals surface area contributed by atoms with Crippen LogP contribution in [0.2, 0.25) is 0 Å². The van der Waals surface area contributed by atoms with Crippen molar-refractivity contribution < 1.29 is 13.4 Å². The van der Waals surface area contributed by atoms with E-state index in [1.807, 2.05) is 11.4 Å². The van der Waals surface area contributed by atoms with Gasteiger partial charge in [-0.25, -0.2) is 4.39 Å². The summed E-state index contributed by atoms with van der Waals surface area (Å²) < 4.78 is 24.6. The van der Waals surface area contributed by atoms with Crippen LogP contribution >= 0.6 is 11.3 Å². The Hall–Kier alpha value is -1.33. The SMILES string of the molecule is O=C(CCCS(=O)c1ccc(F)cc1)c1cccs1. The van der Waals surface area contributed by atoms with Crippen molar-refractivity contribution in [1.29, 1.82) is 0 Å². The lowest BCUT2D eigenvalue weighted by Crippen LogP contribution is -2.02. The van der Waals surface area contributed by atoms with E-state index in [0.717, 1.165) is 4.88 Å². The van der Waals surface area contributed by atoms with Crippen LogP contribution in [0.4, 0.5) is 4.39 Å². The van der Waals surface area contributed by atoms with E-state index in [1.165, 1.54) is 35.6 Å². The van der Waals surface area contributed by atoms with Gasteiger partial charge in [0, 0.05) is 17.1 Å². The minimum Gasteiger partial charge on any atom is -0.293 e. The first-order chi connectivity index (χ1) is 9.16. The number of benzene rings is 1. The van der Waals surface area contributed by atoms with E-state index in [4.69, 9.17) is 0 Å². The van der Waals surface area contributed by atoms with Crippen molar-refractivity contribution >= 4 is 27.9 Å². The lowest BCUT2D eigenvalue weighted by atomic mass is 10.2. The van der Waals surface area contributed by atoms with E-state index in [-0.39, 0.29) is 11.6 Å². The molecule has 0 bridgehead atoms. The Morgan fingerprint density at radius 2 is 1.95 bits per heavy atom. The van der Waals surface area contributed by atoms with Gasteiger partial charge in [-0.3, -0.25) is 9.00 Å². The zero-order chi connectivity index (χ0) is 13.7. The zero-order valence-corrected chi connectivity index (χ0v) is 11.8. The average molecular weight is 296 g/mol. The molecule has 0 saturated carbocycles. The van der Waals surface area contributed by atoms with E-state index in [9.17, 15) is 13.4 Å². The predicted octanol–water partition coefficient (Wildman–Crippen LogP) is 3.66. The smallest absolute Gasteiger partial charge is 0.172 e. The molecule has 19 heavy (non-hydrogen) atoms. The topological polar surface area (TPSA) is 34.1 Å². The zero-order valence-electron chi connectivity index (χ0n) is 10.2. The van der Waals surface area contributed by atoms with E-state index < -0.39 is 10.8 Å². The Morgan fingerprint density at radius 3 is 2.58 bits per heavy atom. The fourth-order valence-electron chi connectivity index (χ4n) is 1.63. The van der Waals surface area contributed by atoms with Gasteiger partial charge < -0.3 is 0 Å². The number of carbonyl (C=O) groups is 1. The molecule has 0 saturated heterocycles. The van der Waals surface area contributed by atoms with Crippen LogP contribution in [0.15, 0.2) is 46.7 Å². The van der Waals surface area contributed by atoms with Crippen LogP contribution in [-0.2, 0) is 10.8 Å². The average Bonchev–Trinajstić information content (AvgIpc) is 2.93. The molecule has 0 aliphatic carbocycles. The summed E-state index contributed by atoms with van der Waals surface area (Å²) in [6.45, 7) is 0. The third kappa shape index (κ3) is 4.08. The van der Waals surface area contributed by atoms with E-state index in [1.54, 1.807) is 6.07 Å². The van der Waals surface area contributed by atoms with Crippen molar-refractivity contribution in [1.82, 2.24) is 0 Å². The Kier molecular flexibility index (Phi) is 4.99. The fraction of sp³-hybridized carbons (Fsp3) is 0.214. The largest absolute Gasteiger partial charge is 0.293 e. The molecule has 1 aromatic carbocycles. The summed E-state index contributed by atoms with van der Waals surface area (Å²) in [6, 6.07) is 9.27. The van der Waals surface area contributed by atoms with Crippen molar-refractivity contribution in [2.45, 2.75) is 17.7 Å². The van der Waals surface area contributed by atoms with Crippen molar-refractivity contribution in [3.63, 3.8) is 0 Å². The first-order valence-corrected chi connectivity index (χ1v) is 8.07. The highest BCUT2D eigenvalue weighted by Gasteiger charge is 2.09. The standard InChI is InChI=1S/C14H13FO2S2/c15-11-5-7-12(8-6-11)19(17)10-2-3-13(16)14-4-1-9-18-14/h1,4-9H,2-3,10H2. The summed E-state index contributed by atoms with van der Waals surface area (Å²) in [4.78, 5) is 13.1. The molecule has 0 aliphatic heterocycles. The molecule has 2 rings (SSSR count).